The van der Waals surface area contributed by atoms with Crippen molar-refractivity contribution in [1.82, 2.24) is 10.1 Å². The number of carbonyl (C=O) groups excluding carboxylic acids is 1. The normalized spacial score (nSPS) is 17.4. The highest BCUT2D eigenvalue weighted by atomic mass is 16.5. The molecule has 94 valence electrons. The number of likely N-dealkylation sites (tertiary alicyclic amines) is 1. The average molecular weight is 240 g/mol. The molecular formula is C11H16N2O4. The number of nitrogens with zero attached hydrogens (tertiary/aromatic N) is 2. The van der Waals surface area contributed by atoms with E-state index in [0.717, 1.165) is 0 Å². The molecule has 0 atom stereocenters. The van der Waals surface area contributed by atoms with E-state index in [0.29, 0.717) is 44.0 Å². The summed E-state index contributed by atoms with van der Waals surface area (Å²) in [5.74, 6) is 0.385. The van der Waals surface area contributed by atoms with E-state index in [2.05, 4.69) is 5.16 Å². The molecule has 1 aliphatic heterocycles. The topological polar surface area (TPSA) is 75.8 Å². The maximum absolute atomic E-state index is 12.0. The predicted molar refractivity (Wildman–Crippen MR) is 58.4 cm³/mol. The third-order valence-corrected chi connectivity index (χ3v) is 2.82. The van der Waals surface area contributed by atoms with Crippen LogP contribution in [0.25, 0.3) is 0 Å². The van der Waals surface area contributed by atoms with Crippen LogP contribution in [0.2, 0.25) is 0 Å². The Morgan fingerprint density at radius 2 is 2.35 bits per heavy atom. The van der Waals surface area contributed by atoms with Gasteiger partial charge in [0.05, 0.1) is 6.10 Å². The molecule has 0 radical (unpaired) electrons. The van der Waals surface area contributed by atoms with E-state index in [1.165, 1.54) is 0 Å². The Balaban J connectivity index is 1.98. The second kappa shape index (κ2) is 5.29. The summed E-state index contributed by atoms with van der Waals surface area (Å²) >= 11 is 0. The van der Waals surface area contributed by atoms with Crippen LogP contribution in [0.4, 0.5) is 0 Å². The van der Waals surface area contributed by atoms with Crippen LogP contribution in [0.15, 0.2) is 10.6 Å². The lowest BCUT2D eigenvalue weighted by molar-refractivity contribution is 0.0537. The summed E-state index contributed by atoms with van der Waals surface area (Å²) in [5.41, 5.74) is 0.299. The number of carbonyl (C=O) groups is 1. The Hall–Kier alpha value is -1.40. The van der Waals surface area contributed by atoms with E-state index in [1.54, 1.807) is 18.1 Å². The number of ether oxygens (including phenoxy) is 1. The monoisotopic (exact) mass is 240 g/mol. The lowest BCUT2D eigenvalue weighted by Crippen LogP contribution is -2.40. The van der Waals surface area contributed by atoms with Crippen LogP contribution in [-0.2, 0) is 11.3 Å². The van der Waals surface area contributed by atoms with E-state index >= 15 is 0 Å². The maximum atomic E-state index is 12.0. The second-order valence-electron chi connectivity index (χ2n) is 4.13. The molecule has 0 spiro atoms. The average Bonchev–Trinajstić information content (AvgIpc) is 2.78. The summed E-state index contributed by atoms with van der Waals surface area (Å²) in [6.07, 6.45) is 0.948. The van der Waals surface area contributed by atoms with Gasteiger partial charge in [-0.3, -0.25) is 4.79 Å². The van der Waals surface area contributed by atoms with Gasteiger partial charge < -0.3 is 19.3 Å². The van der Waals surface area contributed by atoms with Crippen molar-refractivity contribution < 1.29 is 19.2 Å². The molecule has 0 aliphatic carbocycles. The fourth-order valence-electron chi connectivity index (χ4n) is 1.86. The zero-order valence-corrected chi connectivity index (χ0v) is 9.76. The lowest BCUT2D eigenvalue weighted by Gasteiger charge is -2.28. The molecule has 1 amide bonds. The van der Waals surface area contributed by atoms with Gasteiger partial charge in [-0.15, -0.1) is 0 Å². The van der Waals surface area contributed by atoms with Crippen LogP contribution in [0.5, 0.6) is 0 Å². The SMILES string of the molecule is COCc1cc(C(=O)N2CCC(O)CC2)no1. The molecule has 2 heterocycles. The Morgan fingerprint density at radius 3 is 3.00 bits per heavy atom. The summed E-state index contributed by atoms with van der Waals surface area (Å²) in [6.45, 7) is 1.43. The third kappa shape index (κ3) is 2.83. The molecule has 0 bridgehead atoms. The van der Waals surface area contributed by atoms with Crippen molar-refractivity contribution in [3.8, 4) is 0 Å². The first kappa shape index (κ1) is 12.1. The highest BCUT2D eigenvalue weighted by Gasteiger charge is 2.24. The molecule has 6 nitrogen and oxygen atoms in total. The molecule has 1 aromatic heterocycles. The van der Waals surface area contributed by atoms with Crippen molar-refractivity contribution >= 4 is 5.91 Å². The minimum atomic E-state index is -0.291. The zero-order valence-electron chi connectivity index (χ0n) is 9.76. The predicted octanol–water partition coefficient (Wildman–Crippen LogP) is 0.418. The summed E-state index contributed by atoms with van der Waals surface area (Å²) in [5, 5.41) is 13.1. The highest BCUT2D eigenvalue weighted by molar-refractivity contribution is 5.92. The Kier molecular flexibility index (Phi) is 3.75. The number of piperidine rings is 1. The van der Waals surface area contributed by atoms with Crippen LogP contribution in [-0.4, -0.2) is 47.4 Å². The van der Waals surface area contributed by atoms with Crippen molar-refractivity contribution in [3.63, 3.8) is 0 Å². The van der Waals surface area contributed by atoms with Crippen molar-refractivity contribution in [1.29, 1.82) is 0 Å². The number of amides is 1. The number of methoxy groups -OCH3 is 1. The van der Waals surface area contributed by atoms with Crippen LogP contribution in [0.3, 0.4) is 0 Å². The highest BCUT2D eigenvalue weighted by Crippen LogP contribution is 2.14. The van der Waals surface area contributed by atoms with Gasteiger partial charge in [0.25, 0.3) is 5.91 Å². The first-order valence-corrected chi connectivity index (χ1v) is 5.62. The lowest BCUT2D eigenvalue weighted by atomic mass is 10.1. The van der Waals surface area contributed by atoms with Gasteiger partial charge in [0.15, 0.2) is 11.5 Å². The fraction of sp³-hybridized carbons (Fsp3) is 0.636. The van der Waals surface area contributed by atoms with Gasteiger partial charge in [-0.05, 0) is 12.8 Å². The molecule has 1 fully saturated rings. The van der Waals surface area contributed by atoms with Crippen molar-refractivity contribution in [2.75, 3.05) is 20.2 Å². The summed E-state index contributed by atoms with van der Waals surface area (Å²) in [4.78, 5) is 13.7. The summed E-state index contributed by atoms with van der Waals surface area (Å²) in [6, 6.07) is 1.59. The molecule has 2 rings (SSSR count). The molecule has 0 unspecified atom stereocenters. The molecule has 0 aromatic carbocycles. The number of rotatable bonds is 3. The van der Waals surface area contributed by atoms with Crippen molar-refractivity contribution in [2.45, 2.75) is 25.6 Å². The number of aliphatic hydroxyl groups excluding tert-OH is 1. The van der Waals surface area contributed by atoms with Crippen LogP contribution in [0, 0.1) is 0 Å². The van der Waals surface area contributed by atoms with Gasteiger partial charge in [0.1, 0.15) is 6.61 Å². The van der Waals surface area contributed by atoms with E-state index in [1.807, 2.05) is 0 Å². The maximum Gasteiger partial charge on any atom is 0.276 e. The number of aromatic nitrogens is 1. The van der Waals surface area contributed by atoms with E-state index < -0.39 is 0 Å². The molecule has 1 saturated heterocycles. The van der Waals surface area contributed by atoms with Gasteiger partial charge in [-0.2, -0.15) is 0 Å². The molecule has 0 saturated carbocycles. The number of hydrogen-bond acceptors (Lipinski definition) is 5. The van der Waals surface area contributed by atoms with Crippen molar-refractivity contribution in [3.05, 3.63) is 17.5 Å². The van der Waals surface area contributed by atoms with Gasteiger partial charge in [-0.1, -0.05) is 5.16 Å². The number of aliphatic hydroxyl groups is 1. The summed E-state index contributed by atoms with van der Waals surface area (Å²) in [7, 11) is 1.55. The van der Waals surface area contributed by atoms with Crippen molar-refractivity contribution in [2.24, 2.45) is 0 Å². The zero-order chi connectivity index (χ0) is 12.3. The van der Waals surface area contributed by atoms with Crippen LogP contribution >= 0.6 is 0 Å². The molecule has 1 aromatic rings. The largest absolute Gasteiger partial charge is 0.393 e. The van der Waals surface area contributed by atoms with E-state index in [-0.39, 0.29) is 12.0 Å². The minimum Gasteiger partial charge on any atom is -0.393 e. The van der Waals surface area contributed by atoms with E-state index in [9.17, 15) is 9.90 Å². The quantitative estimate of drug-likeness (QED) is 0.828. The van der Waals surface area contributed by atoms with Crippen LogP contribution in [0.1, 0.15) is 29.1 Å². The Morgan fingerprint density at radius 1 is 1.65 bits per heavy atom. The molecule has 17 heavy (non-hydrogen) atoms. The second-order valence-corrected chi connectivity index (χ2v) is 4.13. The van der Waals surface area contributed by atoms with E-state index in [4.69, 9.17) is 9.26 Å². The Bertz CT molecular complexity index is 383. The molecular weight excluding hydrogens is 224 g/mol. The van der Waals surface area contributed by atoms with Crippen LogP contribution < -0.4 is 0 Å². The Labute approximate surface area is 99.1 Å². The summed E-state index contributed by atoms with van der Waals surface area (Å²) < 4.78 is 9.86. The molecule has 6 heteroatoms. The van der Waals surface area contributed by atoms with Gasteiger partial charge in [0.2, 0.25) is 0 Å². The number of hydrogen-bond donors (Lipinski definition) is 1. The fourth-order valence-corrected chi connectivity index (χ4v) is 1.86. The smallest absolute Gasteiger partial charge is 0.276 e. The molecule has 1 N–H and O–H groups in total. The first-order valence-electron chi connectivity index (χ1n) is 5.62. The van der Waals surface area contributed by atoms with Gasteiger partial charge in [-0.25, -0.2) is 0 Å². The minimum absolute atomic E-state index is 0.150. The van der Waals surface area contributed by atoms with Gasteiger partial charge >= 0.3 is 0 Å². The standard InChI is InChI=1S/C11H16N2O4/c1-16-7-9-6-10(12-17-9)11(15)13-4-2-8(14)3-5-13/h6,8,14H,2-5,7H2,1H3. The first-order chi connectivity index (χ1) is 8.20. The van der Waals surface area contributed by atoms with Gasteiger partial charge in [0, 0.05) is 26.3 Å². The molecule has 1 aliphatic rings. The third-order valence-electron chi connectivity index (χ3n) is 2.82.